The smallest absolute Gasteiger partial charge is 0.352 e. The molecule has 0 saturated carbocycles. The molecule has 1 aromatic heterocycles. The van der Waals surface area contributed by atoms with Crippen LogP contribution in [0.5, 0.6) is 0 Å². The summed E-state index contributed by atoms with van der Waals surface area (Å²) in [6.07, 6.45) is -8.01. The first-order chi connectivity index (χ1) is 14.4. The summed E-state index contributed by atoms with van der Waals surface area (Å²) < 4.78 is 78.8. The van der Waals surface area contributed by atoms with Crippen LogP contribution in [-0.4, -0.2) is 41.6 Å². The standard InChI is InChI=1S/C19H17ClF6N4O/c1-11-10-29(16-13(18(21,22)23)3-2-6-27-16)7-8-30(11)17(31)28-12-4-5-15(20)14(9-12)19(24,25)26/h2-6,9,11H,7-8,10H2,1H3,(H,28,31)/t11-/m1/s1. The molecule has 5 nitrogen and oxygen atoms in total. The zero-order valence-electron chi connectivity index (χ0n) is 16.1. The molecule has 1 fully saturated rings. The first-order valence-electron chi connectivity index (χ1n) is 9.09. The highest BCUT2D eigenvalue weighted by Crippen LogP contribution is 2.37. The molecule has 2 amide bonds. The van der Waals surface area contributed by atoms with Gasteiger partial charge in [-0.3, -0.25) is 0 Å². The topological polar surface area (TPSA) is 48.5 Å². The van der Waals surface area contributed by atoms with Crippen LogP contribution in [0.25, 0.3) is 0 Å². The number of pyridine rings is 1. The van der Waals surface area contributed by atoms with E-state index in [1.54, 1.807) is 6.92 Å². The molecule has 1 N–H and O–H groups in total. The van der Waals surface area contributed by atoms with E-state index in [2.05, 4.69) is 10.3 Å². The zero-order chi connectivity index (χ0) is 23.0. The summed E-state index contributed by atoms with van der Waals surface area (Å²) in [5.41, 5.74) is -2.05. The Bertz CT molecular complexity index is 965. The van der Waals surface area contributed by atoms with Crippen molar-refractivity contribution in [2.45, 2.75) is 25.3 Å². The van der Waals surface area contributed by atoms with Crippen LogP contribution in [0.4, 0.5) is 42.6 Å². The van der Waals surface area contributed by atoms with Gasteiger partial charge in [0.1, 0.15) is 5.82 Å². The Kier molecular flexibility index (Phi) is 6.26. The quantitative estimate of drug-likeness (QED) is 0.593. The molecule has 1 saturated heterocycles. The minimum atomic E-state index is -4.68. The molecule has 1 aliphatic heterocycles. The SMILES string of the molecule is C[C@@H]1CN(c2ncccc2C(F)(F)F)CCN1C(=O)Nc1ccc(Cl)c(C(F)(F)F)c1. The van der Waals surface area contributed by atoms with Crippen LogP contribution in [0.2, 0.25) is 5.02 Å². The van der Waals surface area contributed by atoms with E-state index in [-0.39, 0.29) is 31.1 Å². The molecule has 1 aliphatic rings. The summed E-state index contributed by atoms with van der Waals surface area (Å²) in [5, 5.41) is 1.89. The molecule has 0 aliphatic carbocycles. The zero-order valence-corrected chi connectivity index (χ0v) is 16.8. The van der Waals surface area contributed by atoms with E-state index in [4.69, 9.17) is 11.6 Å². The summed E-state index contributed by atoms with van der Waals surface area (Å²) in [7, 11) is 0. The molecule has 168 valence electrons. The largest absolute Gasteiger partial charge is 0.419 e. The number of benzene rings is 1. The predicted molar refractivity (Wildman–Crippen MR) is 103 cm³/mol. The number of alkyl halides is 6. The van der Waals surface area contributed by atoms with Crippen molar-refractivity contribution < 1.29 is 31.1 Å². The fourth-order valence-electron chi connectivity index (χ4n) is 3.34. The van der Waals surface area contributed by atoms with Crippen molar-refractivity contribution in [2.75, 3.05) is 29.9 Å². The Morgan fingerprint density at radius 3 is 2.39 bits per heavy atom. The minimum Gasteiger partial charge on any atom is -0.352 e. The lowest BCUT2D eigenvalue weighted by Crippen LogP contribution is -2.55. The maximum atomic E-state index is 13.3. The lowest BCUT2D eigenvalue weighted by Gasteiger charge is -2.40. The number of carbonyl (C=O) groups excluding carboxylic acids is 1. The van der Waals surface area contributed by atoms with Crippen LogP contribution < -0.4 is 10.2 Å². The maximum Gasteiger partial charge on any atom is 0.419 e. The highest BCUT2D eigenvalue weighted by molar-refractivity contribution is 6.31. The van der Waals surface area contributed by atoms with Gasteiger partial charge in [-0.2, -0.15) is 26.3 Å². The number of anilines is 2. The van der Waals surface area contributed by atoms with E-state index in [1.165, 1.54) is 28.1 Å². The molecule has 0 unspecified atom stereocenters. The Morgan fingerprint density at radius 2 is 1.77 bits per heavy atom. The fraction of sp³-hybridized carbons (Fsp3) is 0.368. The van der Waals surface area contributed by atoms with Gasteiger partial charge < -0.3 is 15.1 Å². The van der Waals surface area contributed by atoms with Crippen LogP contribution in [-0.2, 0) is 12.4 Å². The van der Waals surface area contributed by atoms with Crippen molar-refractivity contribution >= 4 is 29.1 Å². The van der Waals surface area contributed by atoms with Gasteiger partial charge in [-0.15, -0.1) is 0 Å². The monoisotopic (exact) mass is 466 g/mol. The van der Waals surface area contributed by atoms with Crippen LogP contribution in [0.1, 0.15) is 18.1 Å². The van der Waals surface area contributed by atoms with Crippen molar-refractivity contribution in [1.29, 1.82) is 0 Å². The molecule has 0 radical (unpaired) electrons. The molecule has 0 spiro atoms. The Labute approximate surface area is 178 Å². The molecule has 31 heavy (non-hydrogen) atoms. The van der Waals surface area contributed by atoms with E-state index in [0.29, 0.717) is 0 Å². The van der Waals surface area contributed by atoms with E-state index < -0.39 is 40.6 Å². The molecular weight excluding hydrogens is 450 g/mol. The summed E-state index contributed by atoms with van der Waals surface area (Å²) in [5.74, 6) is -0.227. The number of amides is 2. The number of aromatic nitrogens is 1. The lowest BCUT2D eigenvalue weighted by molar-refractivity contribution is -0.138. The van der Waals surface area contributed by atoms with Crippen LogP contribution in [0, 0.1) is 0 Å². The average molecular weight is 467 g/mol. The van der Waals surface area contributed by atoms with Gasteiger partial charge in [-0.05, 0) is 37.3 Å². The van der Waals surface area contributed by atoms with Gasteiger partial charge in [-0.25, -0.2) is 9.78 Å². The van der Waals surface area contributed by atoms with Gasteiger partial charge >= 0.3 is 18.4 Å². The molecule has 12 heteroatoms. The van der Waals surface area contributed by atoms with Gasteiger partial charge in [0, 0.05) is 37.6 Å². The highest BCUT2D eigenvalue weighted by Gasteiger charge is 2.38. The summed E-state index contributed by atoms with van der Waals surface area (Å²) >= 11 is 5.57. The number of halogens is 7. The van der Waals surface area contributed by atoms with Crippen molar-refractivity contribution in [3.05, 3.63) is 52.7 Å². The number of rotatable bonds is 2. The number of hydrogen-bond donors (Lipinski definition) is 1. The van der Waals surface area contributed by atoms with Crippen molar-refractivity contribution in [3.8, 4) is 0 Å². The lowest BCUT2D eigenvalue weighted by atomic mass is 10.1. The van der Waals surface area contributed by atoms with E-state index in [9.17, 15) is 31.1 Å². The molecule has 1 aromatic carbocycles. The number of carbonyl (C=O) groups is 1. The van der Waals surface area contributed by atoms with Gasteiger partial charge in [0.2, 0.25) is 0 Å². The number of hydrogen-bond acceptors (Lipinski definition) is 3. The summed E-state index contributed by atoms with van der Waals surface area (Å²) in [6.45, 7) is 1.83. The Balaban J connectivity index is 1.72. The third-order valence-electron chi connectivity index (χ3n) is 4.80. The van der Waals surface area contributed by atoms with Crippen LogP contribution in [0.3, 0.4) is 0 Å². The van der Waals surface area contributed by atoms with Gasteiger partial charge in [0.25, 0.3) is 0 Å². The van der Waals surface area contributed by atoms with Crippen LogP contribution >= 0.6 is 11.6 Å². The molecule has 0 bridgehead atoms. The van der Waals surface area contributed by atoms with E-state index >= 15 is 0 Å². The molecule has 2 aromatic rings. The van der Waals surface area contributed by atoms with E-state index in [1.807, 2.05) is 0 Å². The molecule has 3 rings (SSSR count). The molecular formula is C19H17ClF6N4O. The Hall–Kier alpha value is -2.69. The summed E-state index contributed by atoms with van der Waals surface area (Å²) in [6, 6.07) is 3.93. The van der Waals surface area contributed by atoms with Crippen molar-refractivity contribution in [2.24, 2.45) is 0 Å². The van der Waals surface area contributed by atoms with Gasteiger partial charge in [0.15, 0.2) is 0 Å². The number of nitrogens with one attached hydrogen (secondary N) is 1. The normalized spacial score (nSPS) is 17.6. The fourth-order valence-corrected chi connectivity index (χ4v) is 3.56. The minimum absolute atomic E-state index is 0.0561. The number of urea groups is 1. The van der Waals surface area contributed by atoms with Crippen molar-refractivity contribution in [3.63, 3.8) is 0 Å². The Morgan fingerprint density at radius 1 is 1.10 bits per heavy atom. The molecule has 2 heterocycles. The van der Waals surface area contributed by atoms with Gasteiger partial charge in [-0.1, -0.05) is 11.6 Å². The van der Waals surface area contributed by atoms with Crippen LogP contribution in [0.15, 0.2) is 36.5 Å². The third-order valence-corrected chi connectivity index (χ3v) is 5.13. The van der Waals surface area contributed by atoms with Crippen molar-refractivity contribution in [1.82, 2.24) is 9.88 Å². The maximum absolute atomic E-state index is 13.3. The predicted octanol–water partition coefficient (Wildman–Crippen LogP) is 5.52. The summed E-state index contributed by atoms with van der Waals surface area (Å²) in [4.78, 5) is 19.2. The second kappa shape index (κ2) is 8.45. The average Bonchev–Trinajstić information content (AvgIpc) is 2.67. The number of piperazine rings is 1. The van der Waals surface area contributed by atoms with E-state index in [0.717, 1.165) is 18.2 Å². The molecule has 1 atom stereocenters. The first-order valence-corrected chi connectivity index (χ1v) is 9.47. The third kappa shape index (κ3) is 5.15. The first kappa shape index (κ1) is 23.0. The highest BCUT2D eigenvalue weighted by atomic mass is 35.5. The second-order valence-electron chi connectivity index (χ2n) is 6.98. The number of nitrogens with zero attached hydrogens (tertiary/aromatic N) is 3. The second-order valence-corrected chi connectivity index (χ2v) is 7.39. The van der Waals surface area contributed by atoms with Gasteiger partial charge in [0.05, 0.1) is 16.1 Å².